The van der Waals surface area contributed by atoms with Crippen LogP contribution in [0.15, 0.2) is 53.9 Å². The van der Waals surface area contributed by atoms with Gasteiger partial charge in [0, 0.05) is 35.8 Å². The summed E-state index contributed by atoms with van der Waals surface area (Å²) in [6, 6.07) is 11.7. The molecule has 0 saturated heterocycles. The molecular weight excluding hydrogens is 418 g/mol. The van der Waals surface area contributed by atoms with E-state index in [1.807, 2.05) is 50.2 Å². The summed E-state index contributed by atoms with van der Waals surface area (Å²) in [5, 5.41) is 5.32. The Morgan fingerprint density at radius 2 is 1.94 bits per heavy atom. The molecule has 2 unspecified atom stereocenters. The Labute approximate surface area is 193 Å². The van der Waals surface area contributed by atoms with Gasteiger partial charge in [-0.1, -0.05) is 24.3 Å². The third kappa shape index (κ3) is 5.04. The Balaban J connectivity index is 1.47. The van der Waals surface area contributed by atoms with E-state index in [1.54, 1.807) is 19.5 Å². The third-order valence-electron chi connectivity index (χ3n) is 5.79. The quantitative estimate of drug-likeness (QED) is 0.234. The Morgan fingerprint density at radius 1 is 1.15 bits per heavy atom. The van der Waals surface area contributed by atoms with Crippen molar-refractivity contribution in [3.8, 4) is 22.8 Å². The number of aryl methyl sites for hydroxylation is 1. The lowest BCUT2D eigenvalue weighted by atomic mass is 10.1. The zero-order valence-corrected chi connectivity index (χ0v) is 19.1. The number of hydrogen-bond donors (Lipinski definition) is 2. The van der Waals surface area contributed by atoms with E-state index in [4.69, 9.17) is 21.2 Å². The van der Waals surface area contributed by atoms with Crippen LogP contribution in [0.25, 0.3) is 11.1 Å². The highest BCUT2D eigenvalue weighted by molar-refractivity contribution is 5.98. The van der Waals surface area contributed by atoms with Crippen molar-refractivity contribution in [1.82, 2.24) is 20.0 Å². The number of aromatic nitrogens is 3. The fourth-order valence-corrected chi connectivity index (χ4v) is 3.73. The SMILES string of the molecule is CCN(N)/C(=N\N)c1ccc(-c2cnc(C)nc2OCC2CC2c2ccc(OC)cn2)cc1. The standard InChI is InChI=1S/C24H29N7O2/c1-4-31(26)23(30-25)17-7-5-16(6-8-17)21-13-27-15(2)29-24(21)33-14-18-11-20(18)22-10-9-19(32-3)12-28-22/h5-10,12-13,18,20H,4,11,14,25-26H2,1-3H3/b30-23-. The minimum Gasteiger partial charge on any atom is -0.495 e. The molecule has 172 valence electrons. The van der Waals surface area contributed by atoms with Gasteiger partial charge in [0.25, 0.3) is 0 Å². The van der Waals surface area contributed by atoms with Gasteiger partial charge in [-0.3, -0.25) is 9.99 Å². The summed E-state index contributed by atoms with van der Waals surface area (Å²) in [4.78, 5) is 13.4. The van der Waals surface area contributed by atoms with E-state index in [2.05, 4.69) is 20.1 Å². The van der Waals surface area contributed by atoms with Crippen molar-refractivity contribution in [2.75, 3.05) is 20.3 Å². The van der Waals surface area contributed by atoms with Gasteiger partial charge >= 0.3 is 0 Å². The number of hydrazone groups is 1. The number of ether oxygens (including phenoxy) is 2. The average molecular weight is 448 g/mol. The minimum atomic E-state index is 0.397. The van der Waals surface area contributed by atoms with Crippen LogP contribution in [0, 0.1) is 12.8 Å². The van der Waals surface area contributed by atoms with Crippen LogP contribution >= 0.6 is 0 Å². The number of methoxy groups -OCH3 is 1. The molecule has 1 aromatic carbocycles. The van der Waals surface area contributed by atoms with Gasteiger partial charge in [0.1, 0.15) is 11.6 Å². The average Bonchev–Trinajstić information content (AvgIpc) is 3.63. The van der Waals surface area contributed by atoms with E-state index in [1.165, 1.54) is 5.01 Å². The monoisotopic (exact) mass is 447 g/mol. The Kier molecular flexibility index (Phi) is 6.69. The van der Waals surface area contributed by atoms with Crippen molar-refractivity contribution in [1.29, 1.82) is 0 Å². The second kappa shape index (κ2) is 9.83. The maximum atomic E-state index is 6.17. The smallest absolute Gasteiger partial charge is 0.224 e. The minimum absolute atomic E-state index is 0.397. The van der Waals surface area contributed by atoms with Gasteiger partial charge in [-0.25, -0.2) is 10.8 Å². The van der Waals surface area contributed by atoms with Crippen molar-refractivity contribution in [3.63, 3.8) is 0 Å². The van der Waals surface area contributed by atoms with Crippen LogP contribution in [0.5, 0.6) is 11.6 Å². The highest BCUT2D eigenvalue weighted by Crippen LogP contribution is 2.47. The molecule has 2 heterocycles. The van der Waals surface area contributed by atoms with Crippen molar-refractivity contribution in [2.24, 2.45) is 22.7 Å². The molecule has 9 heteroatoms. The summed E-state index contributed by atoms with van der Waals surface area (Å²) >= 11 is 0. The number of hydrogen-bond acceptors (Lipinski definition) is 8. The predicted molar refractivity (Wildman–Crippen MR) is 127 cm³/mol. The number of benzene rings is 1. The lowest BCUT2D eigenvalue weighted by Crippen LogP contribution is -2.38. The second-order valence-electron chi connectivity index (χ2n) is 7.99. The van der Waals surface area contributed by atoms with Crippen LogP contribution in [0.3, 0.4) is 0 Å². The highest BCUT2D eigenvalue weighted by atomic mass is 16.5. The highest BCUT2D eigenvalue weighted by Gasteiger charge is 2.40. The van der Waals surface area contributed by atoms with Gasteiger partial charge in [-0.2, -0.15) is 10.1 Å². The lowest BCUT2D eigenvalue weighted by Gasteiger charge is -2.18. The van der Waals surface area contributed by atoms with Gasteiger partial charge in [0.15, 0.2) is 5.84 Å². The molecule has 2 atom stereocenters. The normalized spacial score (nSPS) is 17.5. The van der Waals surface area contributed by atoms with Crippen molar-refractivity contribution >= 4 is 5.84 Å². The molecule has 0 spiro atoms. The number of nitrogens with two attached hydrogens (primary N) is 2. The third-order valence-corrected chi connectivity index (χ3v) is 5.79. The molecule has 3 aromatic rings. The van der Waals surface area contributed by atoms with E-state index < -0.39 is 0 Å². The van der Waals surface area contributed by atoms with Crippen molar-refractivity contribution in [2.45, 2.75) is 26.2 Å². The zero-order chi connectivity index (χ0) is 23.4. The van der Waals surface area contributed by atoms with E-state index in [-0.39, 0.29) is 0 Å². The lowest BCUT2D eigenvalue weighted by molar-refractivity contribution is 0.285. The molecular formula is C24H29N7O2. The summed E-state index contributed by atoms with van der Waals surface area (Å²) in [7, 11) is 1.64. The molecule has 4 rings (SSSR count). The molecule has 4 N–H and O–H groups in total. The summed E-state index contributed by atoms with van der Waals surface area (Å²) < 4.78 is 11.4. The number of pyridine rings is 1. The summed E-state index contributed by atoms with van der Waals surface area (Å²) in [6.45, 7) is 4.95. The fourth-order valence-electron chi connectivity index (χ4n) is 3.73. The van der Waals surface area contributed by atoms with Crippen LogP contribution in [-0.4, -0.2) is 46.1 Å². The molecule has 0 bridgehead atoms. The van der Waals surface area contributed by atoms with Gasteiger partial charge in [-0.05, 0) is 38.0 Å². The molecule has 0 radical (unpaired) electrons. The molecule has 2 aromatic heterocycles. The second-order valence-corrected chi connectivity index (χ2v) is 7.99. The van der Waals surface area contributed by atoms with Crippen LogP contribution in [-0.2, 0) is 0 Å². The van der Waals surface area contributed by atoms with E-state index in [0.29, 0.717) is 42.5 Å². The van der Waals surface area contributed by atoms with Crippen LogP contribution in [0.1, 0.15) is 36.3 Å². The first kappa shape index (κ1) is 22.5. The summed E-state index contributed by atoms with van der Waals surface area (Å²) in [5.74, 6) is 14.8. The number of nitrogens with zero attached hydrogens (tertiary/aromatic N) is 5. The molecule has 1 aliphatic rings. The van der Waals surface area contributed by atoms with Crippen LogP contribution in [0.4, 0.5) is 0 Å². The van der Waals surface area contributed by atoms with E-state index in [0.717, 1.165) is 34.6 Å². The summed E-state index contributed by atoms with van der Waals surface area (Å²) in [6.07, 6.45) is 4.59. The van der Waals surface area contributed by atoms with Gasteiger partial charge in [0.2, 0.25) is 5.88 Å². The Bertz CT molecular complexity index is 1120. The Morgan fingerprint density at radius 3 is 2.58 bits per heavy atom. The van der Waals surface area contributed by atoms with Gasteiger partial charge < -0.3 is 15.3 Å². The fraction of sp³-hybridized carbons (Fsp3) is 0.333. The van der Waals surface area contributed by atoms with Crippen molar-refractivity contribution < 1.29 is 9.47 Å². The summed E-state index contributed by atoms with van der Waals surface area (Å²) in [5.41, 5.74) is 3.67. The largest absolute Gasteiger partial charge is 0.495 e. The zero-order valence-electron chi connectivity index (χ0n) is 19.1. The molecule has 1 fully saturated rings. The first-order chi connectivity index (χ1) is 16.0. The Hall–Kier alpha value is -3.72. The molecule has 1 aliphatic carbocycles. The maximum absolute atomic E-state index is 6.17. The van der Waals surface area contributed by atoms with Crippen LogP contribution in [0.2, 0.25) is 0 Å². The maximum Gasteiger partial charge on any atom is 0.224 e. The van der Waals surface area contributed by atoms with Gasteiger partial charge in [-0.15, -0.1) is 0 Å². The topological polar surface area (TPSA) is 125 Å². The molecule has 33 heavy (non-hydrogen) atoms. The molecule has 1 saturated carbocycles. The van der Waals surface area contributed by atoms with Crippen LogP contribution < -0.4 is 21.2 Å². The first-order valence-corrected chi connectivity index (χ1v) is 10.9. The number of hydrazine groups is 1. The van der Waals surface area contributed by atoms with E-state index in [9.17, 15) is 0 Å². The number of rotatable bonds is 8. The predicted octanol–water partition coefficient (Wildman–Crippen LogP) is 2.85. The molecule has 0 aliphatic heterocycles. The molecule has 0 amide bonds. The molecule has 9 nitrogen and oxygen atoms in total. The van der Waals surface area contributed by atoms with E-state index >= 15 is 0 Å². The first-order valence-electron chi connectivity index (χ1n) is 10.9. The number of amidine groups is 1. The van der Waals surface area contributed by atoms with Crippen molar-refractivity contribution in [3.05, 3.63) is 65.9 Å². The van der Waals surface area contributed by atoms with Gasteiger partial charge in [0.05, 0.1) is 25.5 Å².